The van der Waals surface area contributed by atoms with E-state index in [4.69, 9.17) is 5.11 Å². The highest BCUT2D eigenvalue weighted by Gasteiger charge is 2.40. The fourth-order valence-electron chi connectivity index (χ4n) is 4.36. The van der Waals surface area contributed by atoms with Crippen molar-refractivity contribution in [1.82, 2.24) is 0 Å². The SMILES string of the molecule is O=C(O)CCCCCC[C@@H]1[C@@H](CCC(O)Cc2ccccc2)[C@H](O)C[C@@H]1O. The summed E-state index contributed by atoms with van der Waals surface area (Å²) in [4.78, 5) is 10.5. The van der Waals surface area contributed by atoms with Gasteiger partial charge in [-0.1, -0.05) is 49.6 Å². The molecule has 0 radical (unpaired) electrons. The number of carboxylic acid groups (broad SMARTS) is 1. The van der Waals surface area contributed by atoms with E-state index in [1.165, 1.54) is 0 Å². The Kier molecular flexibility index (Phi) is 9.25. The molecule has 1 saturated carbocycles. The van der Waals surface area contributed by atoms with Crippen molar-refractivity contribution < 1.29 is 25.2 Å². The third-order valence-corrected chi connectivity index (χ3v) is 5.85. The lowest BCUT2D eigenvalue weighted by Gasteiger charge is -2.24. The van der Waals surface area contributed by atoms with Gasteiger partial charge in [0.15, 0.2) is 0 Å². The Hall–Kier alpha value is -1.43. The summed E-state index contributed by atoms with van der Waals surface area (Å²) < 4.78 is 0. The number of hydrogen-bond donors (Lipinski definition) is 4. The van der Waals surface area contributed by atoms with Crippen LogP contribution in [-0.4, -0.2) is 44.7 Å². The Bertz CT molecular complexity index is 547. The third-order valence-electron chi connectivity index (χ3n) is 5.85. The molecule has 5 nitrogen and oxygen atoms in total. The van der Waals surface area contributed by atoms with Crippen molar-refractivity contribution in [1.29, 1.82) is 0 Å². The molecule has 0 amide bonds. The number of benzene rings is 1. The van der Waals surface area contributed by atoms with E-state index < -0.39 is 24.3 Å². The predicted octanol–water partition coefficient (Wildman–Crippen LogP) is 3.15. The van der Waals surface area contributed by atoms with Crippen molar-refractivity contribution in [2.24, 2.45) is 11.8 Å². The molecule has 27 heavy (non-hydrogen) atoms. The van der Waals surface area contributed by atoms with Gasteiger partial charge < -0.3 is 20.4 Å². The van der Waals surface area contributed by atoms with Gasteiger partial charge in [-0.15, -0.1) is 0 Å². The molecule has 0 heterocycles. The third kappa shape index (κ3) is 7.60. The molecule has 0 spiro atoms. The molecule has 0 saturated heterocycles. The van der Waals surface area contributed by atoms with Crippen LogP contribution in [0.4, 0.5) is 0 Å². The summed E-state index contributed by atoms with van der Waals surface area (Å²) in [7, 11) is 0. The maximum atomic E-state index is 10.5. The maximum Gasteiger partial charge on any atom is 0.303 e. The van der Waals surface area contributed by atoms with E-state index in [0.717, 1.165) is 37.7 Å². The van der Waals surface area contributed by atoms with Crippen molar-refractivity contribution >= 4 is 5.97 Å². The first-order valence-corrected chi connectivity index (χ1v) is 10.3. The molecule has 2 rings (SSSR count). The molecule has 4 N–H and O–H groups in total. The monoisotopic (exact) mass is 378 g/mol. The Labute approximate surface area is 162 Å². The molecule has 1 aromatic rings. The highest BCUT2D eigenvalue weighted by Crippen LogP contribution is 2.39. The van der Waals surface area contributed by atoms with Crippen LogP contribution in [0.5, 0.6) is 0 Å². The molecule has 1 unspecified atom stereocenters. The Morgan fingerprint density at radius 1 is 0.963 bits per heavy atom. The van der Waals surface area contributed by atoms with Crippen LogP contribution >= 0.6 is 0 Å². The zero-order valence-electron chi connectivity index (χ0n) is 16.0. The molecule has 152 valence electrons. The number of rotatable bonds is 12. The molecule has 0 aromatic heterocycles. The lowest BCUT2D eigenvalue weighted by Crippen LogP contribution is -2.24. The van der Waals surface area contributed by atoms with Gasteiger partial charge in [0.25, 0.3) is 0 Å². The van der Waals surface area contributed by atoms with Crippen LogP contribution in [0, 0.1) is 11.8 Å². The summed E-state index contributed by atoms with van der Waals surface area (Å²) in [6.07, 6.45) is 5.51. The average Bonchev–Trinajstić information content (AvgIpc) is 2.89. The van der Waals surface area contributed by atoms with Crippen LogP contribution in [0.25, 0.3) is 0 Å². The maximum absolute atomic E-state index is 10.5. The molecule has 1 aromatic carbocycles. The van der Waals surface area contributed by atoms with Crippen molar-refractivity contribution in [3.05, 3.63) is 35.9 Å². The van der Waals surface area contributed by atoms with Crippen LogP contribution in [-0.2, 0) is 11.2 Å². The number of unbranched alkanes of at least 4 members (excludes halogenated alkanes) is 3. The van der Waals surface area contributed by atoms with Crippen molar-refractivity contribution in [3.8, 4) is 0 Å². The van der Waals surface area contributed by atoms with Gasteiger partial charge in [0.05, 0.1) is 18.3 Å². The molecule has 1 aliphatic rings. The largest absolute Gasteiger partial charge is 0.481 e. The number of aliphatic hydroxyl groups excluding tert-OH is 3. The normalized spacial score (nSPS) is 26.2. The van der Waals surface area contributed by atoms with Crippen LogP contribution in [0.3, 0.4) is 0 Å². The fourth-order valence-corrected chi connectivity index (χ4v) is 4.36. The summed E-state index contributed by atoms with van der Waals surface area (Å²) in [6, 6.07) is 9.89. The fraction of sp³-hybridized carbons (Fsp3) is 0.682. The first-order chi connectivity index (χ1) is 13.0. The van der Waals surface area contributed by atoms with E-state index in [9.17, 15) is 20.1 Å². The van der Waals surface area contributed by atoms with E-state index in [1.54, 1.807) is 0 Å². The van der Waals surface area contributed by atoms with Gasteiger partial charge in [-0.2, -0.15) is 0 Å². The van der Waals surface area contributed by atoms with Gasteiger partial charge >= 0.3 is 5.97 Å². The smallest absolute Gasteiger partial charge is 0.303 e. The average molecular weight is 379 g/mol. The zero-order chi connectivity index (χ0) is 19.6. The summed E-state index contributed by atoms with van der Waals surface area (Å²) in [6.45, 7) is 0. The Morgan fingerprint density at radius 2 is 1.59 bits per heavy atom. The number of aliphatic carboxylic acids is 1. The second-order valence-corrected chi connectivity index (χ2v) is 7.97. The lowest BCUT2D eigenvalue weighted by molar-refractivity contribution is -0.137. The van der Waals surface area contributed by atoms with Crippen LogP contribution in [0.1, 0.15) is 63.4 Å². The van der Waals surface area contributed by atoms with Crippen LogP contribution in [0.2, 0.25) is 0 Å². The summed E-state index contributed by atoms with van der Waals surface area (Å²) >= 11 is 0. The van der Waals surface area contributed by atoms with Gasteiger partial charge in [0.1, 0.15) is 0 Å². The van der Waals surface area contributed by atoms with Gasteiger partial charge in [-0.25, -0.2) is 0 Å². The minimum atomic E-state index is -0.751. The number of aliphatic hydroxyl groups is 3. The van der Waals surface area contributed by atoms with Crippen LogP contribution < -0.4 is 0 Å². The molecular formula is C22H34O5. The summed E-state index contributed by atoms with van der Waals surface area (Å²) in [5.41, 5.74) is 1.11. The molecule has 0 aliphatic heterocycles. The molecule has 5 atom stereocenters. The van der Waals surface area contributed by atoms with Crippen molar-refractivity contribution in [2.45, 2.75) is 82.5 Å². The van der Waals surface area contributed by atoms with Crippen molar-refractivity contribution in [2.75, 3.05) is 0 Å². The predicted molar refractivity (Wildman–Crippen MR) is 104 cm³/mol. The molecule has 1 aliphatic carbocycles. The second-order valence-electron chi connectivity index (χ2n) is 7.97. The van der Waals surface area contributed by atoms with E-state index >= 15 is 0 Å². The number of hydrogen-bond acceptors (Lipinski definition) is 4. The lowest BCUT2D eigenvalue weighted by atomic mass is 9.84. The minimum absolute atomic E-state index is 0.0319. The Morgan fingerprint density at radius 3 is 2.26 bits per heavy atom. The quantitative estimate of drug-likeness (QED) is 0.419. The van der Waals surface area contributed by atoms with Gasteiger partial charge in [0.2, 0.25) is 0 Å². The van der Waals surface area contributed by atoms with Gasteiger partial charge in [0, 0.05) is 6.42 Å². The minimum Gasteiger partial charge on any atom is -0.481 e. The van der Waals surface area contributed by atoms with Crippen LogP contribution in [0.15, 0.2) is 30.3 Å². The first kappa shape index (κ1) is 21.9. The topological polar surface area (TPSA) is 98.0 Å². The first-order valence-electron chi connectivity index (χ1n) is 10.3. The van der Waals surface area contributed by atoms with E-state index in [1.807, 2.05) is 30.3 Å². The van der Waals surface area contributed by atoms with Crippen molar-refractivity contribution in [3.63, 3.8) is 0 Å². The highest BCUT2D eigenvalue weighted by molar-refractivity contribution is 5.66. The highest BCUT2D eigenvalue weighted by atomic mass is 16.4. The molecular weight excluding hydrogens is 344 g/mol. The van der Waals surface area contributed by atoms with E-state index in [-0.39, 0.29) is 18.3 Å². The zero-order valence-corrected chi connectivity index (χ0v) is 16.0. The number of carboxylic acids is 1. The van der Waals surface area contributed by atoms with E-state index in [2.05, 4.69) is 0 Å². The molecule has 1 fully saturated rings. The molecule has 5 heteroatoms. The summed E-state index contributed by atoms with van der Waals surface area (Å²) in [5.74, 6) is -0.647. The number of carbonyl (C=O) groups is 1. The van der Waals surface area contributed by atoms with Gasteiger partial charge in [-0.05, 0) is 55.9 Å². The Balaban J connectivity index is 1.73. The standard InChI is InChI=1S/C22H34O5/c23-17(14-16-8-4-3-5-9-16)12-13-19-18(20(24)15-21(19)25)10-6-1-2-7-11-22(26)27/h3-5,8-9,17-21,23-25H,1-2,6-7,10-15H2,(H,26,27)/t17?,18-,19-,20+,21-/m1/s1. The second kappa shape index (κ2) is 11.4. The van der Waals surface area contributed by atoms with Gasteiger partial charge in [-0.3, -0.25) is 4.79 Å². The van der Waals surface area contributed by atoms with E-state index in [0.29, 0.717) is 25.7 Å². The molecule has 0 bridgehead atoms. The summed E-state index contributed by atoms with van der Waals surface area (Å²) in [5, 5.41) is 39.6.